The largest absolute Gasteiger partial charge is 0.376 e. The predicted octanol–water partition coefficient (Wildman–Crippen LogP) is 3.86. The average Bonchev–Trinajstić information content (AvgIpc) is 3.41. The van der Waals surface area contributed by atoms with Crippen molar-refractivity contribution in [3.8, 4) is 0 Å². The van der Waals surface area contributed by atoms with E-state index < -0.39 is 0 Å². The number of ether oxygens (including phenoxy) is 1. The first-order valence-corrected chi connectivity index (χ1v) is 12.6. The van der Waals surface area contributed by atoms with Gasteiger partial charge in [0.25, 0.3) is 0 Å². The van der Waals surface area contributed by atoms with E-state index in [1.165, 1.54) is 42.4 Å². The van der Waals surface area contributed by atoms with Crippen LogP contribution in [0.25, 0.3) is 0 Å². The molecule has 1 aromatic rings. The van der Waals surface area contributed by atoms with Crippen molar-refractivity contribution in [2.24, 2.45) is 11.8 Å². The molecule has 0 aromatic carbocycles. The molecule has 0 spiro atoms. The Bertz CT molecular complexity index is 656. The summed E-state index contributed by atoms with van der Waals surface area (Å²) in [7, 11) is 0. The lowest BCUT2D eigenvalue weighted by molar-refractivity contribution is -0.121. The molecule has 1 unspecified atom stereocenters. The maximum atomic E-state index is 12.5. The first-order valence-electron chi connectivity index (χ1n) is 10.8. The van der Waals surface area contributed by atoms with Gasteiger partial charge in [0.1, 0.15) is 0 Å². The van der Waals surface area contributed by atoms with E-state index in [-0.39, 0.29) is 29.6 Å². The van der Waals surface area contributed by atoms with Gasteiger partial charge in [0.15, 0.2) is 4.34 Å². The summed E-state index contributed by atoms with van der Waals surface area (Å²) >= 11 is 2.67. The number of hydrogen-bond donors (Lipinski definition) is 2. The second-order valence-corrected chi connectivity index (χ2v) is 10.2. The summed E-state index contributed by atoms with van der Waals surface area (Å²) in [6, 6.07) is 0. The molecule has 0 radical (unpaired) electrons. The Morgan fingerprint density at radius 1 is 1.21 bits per heavy atom. The standard InChI is InChI=1S/C20H32N4O3S2/c1-2-3-5-14-7-9-15(10-8-14)18(26)22-19-23-24-20(29-19)28-13-17(25)21-12-16-6-4-11-27-16/h14-16H,2-13H2,1H3,(H,21,25)(H,22,23,26). The first kappa shape index (κ1) is 22.5. The van der Waals surface area contributed by atoms with Gasteiger partial charge in [-0.15, -0.1) is 10.2 Å². The first-order chi connectivity index (χ1) is 14.1. The van der Waals surface area contributed by atoms with Crippen LogP contribution in [0.4, 0.5) is 5.13 Å². The highest BCUT2D eigenvalue weighted by molar-refractivity contribution is 8.01. The lowest BCUT2D eigenvalue weighted by Crippen LogP contribution is -2.32. The molecule has 1 aliphatic carbocycles. The number of hydrogen-bond acceptors (Lipinski definition) is 7. The topological polar surface area (TPSA) is 93.2 Å². The number of amides is 2. The minimum Gasteiger partial charge on any atom is -0.376 e. The highest BCUT2D eigenvalue weighted by atomic mass is 32.2. The summed E-state index contributed by atoms with van der Waals surface area (Å²) in [5.41, 5.74) is 0. The Morgan fingerprint density at radius 2 is 2.03 bits per heavy atom. The molecule has 29 heavy (non-hydrogen) atoms. The van der Waals surface area contributed by atoms with Gasteiger partial charge in [0.2, 0.25) is 16.9 Å². The van der Waals surface area contributed by atoms with Crippen LogP contribution in [0.2, 0.25) is 0 Å². The Hall–Kier alpha value is -1.19. The van der Waals surface area contributed by atoms with Crippen molar-refractivity contribution in [1.29, 1.82) is 0 Å². The maximum absolute atomic E-state index is 12.5. The Labute approximate surface area is 181 Å². The van der Waals surface area contributed by atoms with E-state index in [9.17, 15) is 9.59 Å². The number of unbranched alkanes of at least 4 members (excludes halogenated alkanes) is 1. The molecule has 3 rings (SSSR count). The van der Waals surface area contributed by atoms with Crippen LogP contribution < -0.4 is 10.6 Å². The number of nitrogens with zero attached hydrogens (tertiary/aromatic N) is 2. The zero-order chi connectivity index (χ0) is 20.5. The molecular weight excluding hydrogens is 408 g/mol. The van der Waals surface area contributed by atoms with Gasteiger partial charge in [-0.1, -0.05) is 49.3 Å². The molecule has 9 heteroatoms. The van der Waals surface area contributed by atoms with Crippen molar-refractivity contribution in [1.82, 2.24) is 15.5 Å². The molecule has 1 saturated heterocycles. The van der Waals surface area contributed by atoms with Crippen molar-refractivity contribution in [3.63, 3.8) is 0 Å². The monoisotopic (exact) mass is 440 g/mol. The minimum atomic E-state index is -0.0360. The van der Waals surface area contributed by atoms with Gasteiger partial charge < -0.3 is 15.4 Å². The predicted molar refractivity (Wildman–Crippen MR) is 116 cm³/mol. The van der Waals surface area contributed by atoms with Gasteiger partial charge in [0, 0.05) is 19.1 Å². The second kappa shape index (κ2) is 11.9. The molecule has 0 bridgehead atoms. The summed E-state index contributed by atoms with van der Waals surface area (Å²) in [6.07, 6.45) is 10.3. The molecule has 7 nitrogen and oxygen atoms in total. The molecule has 2 heterocycles. The molecule has 1 saturated carbocycles. The van der Waals surface area contributed by atoms with Crippen LogP contribution >= 0.6 is 23.1 Å². The van der Waals surface area contributed by atoms with Crippen LogP contribution in [0.1, 0.15) is 64.7 Å². The van der Waals surface area contributed by atoms with Gasteiger partial charge in [-0.25, -0.2) is 0 Å². The van der Waals surface area contributed by atoms with Crippen LogP contribution in [0.15, 0.2) is 4.34 Å². The number of thioether (sulfide) groups is 1. The third-order valence-corrected chi connectivity index (χ3v) is 7.67. The van der Waals surface area contributed by atoms with Crippen LogP contribution in [-0.2, 0) is 14.3 Å². The number of aromatic nitrogens is 2. The molecule has 2 amide bonds. The van der Waals surface area contributed by atoms with E-state index in [4.69, 9.17) is 4.74 Å². The fourth-order valence-corrected chi connectivity index (χ4v) is 5.53. The lowest BCUT2D eigenvalue weighted by Gasteiger charge is -2.27. The Kier molecular flexibility index (Phi) is 9.20. The van der Waals surface area contributed by atoms with Gasteiger partial charge >= 0.3 is 0 Å². The zero-order valence-corrected chi connectivity index (χ0v) is 18.8. The number of carbonyl (C=O) groups is 2. The molecular formula is C20H32N4O3S2. The van der Waals surface area contributed by atoms with Crippen molar-refractivity contribution in [3.05, 3.63) is 0 Å². The molecule has 2 N–H and O–H groups in total. The summed E-state index contributed by atoms with van der Waals surface area (Å²) in [4.78, 5) is 24.5. The van der Waals surface area contributed by atoms with Crippen molar-refractivity contribution in [2.75, 3.05) is 24.2 Å². The van der Waals surface area contributed by atoms with Crippen molar-refractivity contribution < 1.29 is 14.3 Å². The maximum Gasteiger partial charge on any atom is 0.230 e. The summed E-state index contributed by atoms with van der Waals surface area (Å²) in [5.74, 6) is 1.18. The number of anilines is 1. The molecule has 1 aromatic heterocycles. The quantitative estimate of drug-likeness (QED) is 0.424. The fraction of sp³-hybridized carbons (Fsp3) is 0.800. The molecule has 1 atom stereocenters. The van der Waals surface area contributed by atoms with Gasteiger partial charge in [-0.3, -0.25) is 9.59 Å². The third-order valence-electron chi connectivity index (χ3n) is 5.70. The van der Waals surface area contributed by atoms with E-state index in [1.54, 1.807) is 0 Å². The van der Waals surface area contributed by atoms with E-state index in [0.29, 0.717) is 16.0 Å². The number of rotatable bonds is 10. The highest BCUT2D eigenvalue weighted by Crippen LogP contribution is 2.33. The number of nitrogens with one attached hydrogen (secondary N) is 2. The van der Waals surface area contributed by atoms with Crippen molar-refractivity contribution >= 4 is 40.0 Å². The zero-order valence-electron chi connectivity index (χ0n) is 17.2. The van der Waals surface area contributed by atoms with E-state index in [2.05, 4.69) is 27.8 Å². The smallest absolute Gasteiger partial charge is 0.230 e. The highest BCUT2D eigenvalue weighted by Gasteiger charge is 2.26. The normalized spacial score (nSPS) is 24.4. The van der Waals surface area contributed by atoms with Gasteiger partial charge in [-0.05, 0) is 44.4 Å². The second-order valence-electron chi connectivity index (χ2n) is 7.95. The SMILES string of the molecule is CCCCC1CCC(C(=O)Nc2nnc(SCC(=O)NCC3CCCO3)s2)CC1. The Balaban J connectivity index is 1.34. The van der Waals surface area contributed by atoms with Crippen molar-refractivity contribution in [2.45, 2.75) is 75.2 Å². The van der Waals surface area contributed by atoms with Gasteiger partial charge in [0.05, 0.1) is 11.9 Å². The van der Waals surface area contributed by atoms with Gasteiger partial charge in [-0.2, -0.15) is 0 Å². The molecule has 2 aliphatic rings. The summed E-state index contributed by atoms with van der Waals surface area (Å²) in [6.45, 7) is 3.58. The van der Waals surface area contributed by atoms with Crippen LogP contribution in [0.5, 0.6) is 0 Å². The van der Waals surface area contributed by atoms with Crippen LogP contribution in [-0.4, -0.2) is 47.0 Å². The molecule has 2 fully saturated rings. The Morgan fingerprint density at radius 3 is 2.76 bits per heavy atom. The number of carbonyl (C=O) groups excluding carboxylic acids is 2. The summed E-state index contributed by atoms with van der Waals surface area (Å²) < 4.78 is 6.19. The average molecular weight is 441 g/mol. The van der Waals surface area contributed by atoms with E-state index in [0.717, 1.165) is 51.0 Å². The molecule has 162 valence electrons. The third kappa shape index (κ3) is 7.53. The molecule has 1 aliphatic heterocycles. The van der Waals surface area contributed by atoms with E-state index in [1.807, 2.05) is 0 Å². The van der Waals surface area contributed by atoms with Crippen LogP contribution in [0.3, 0.4) is 0 Å². The van der Waals surface area contributed by atoms with E-state index >= 15 is 0 Å². The summed E-state index contributed by atoms with van der Waals surface area (Å²) in [5, 5.41) is 14.5. The fourth-order valence-electron chi connectivity index (χ4n) is 3.94. The van der Waals surface area contributed by atoms with Crippen LogP contribution in [0, 0.1) is 11.8 Å². The lowest BCUT2D eigenvalue weighted by atomic mass is 9.79. The minimum absolute atomic E-state index is 0.0360.